The molecule has 1 aromatic carbocycles. The van der Waals surface area contributed by atoms with Gasteiger partial charge in [0.15, 0.2) is 0 Å². The summed E-state index contributed by atoms with van der Waals surface area (Å²) in [5.41, 5.74) is 1.31. The summed E-state index contributed by atoms with van der Waals surface area (Å²) in [6.45, 7) is 7.25. The number of ether oxygens (including phenoxy) is 1. The fourth-order valence-corrected chi connectivity index (χ4v) is 2.86. The number of benzene rings is 1. The molecule has 0 aliphatic carbocycles. The van der Waals surface area contributed by atoms with Gasteiger partial charge in [-0.25, -0.2) is 0 Å². The molecule has 0 aromatic heterocycles. The first-order valence-electron chi connectivity index (χ1n) is 7.17. The highest BCUT2D eigenvalue weighted by Gasteiger charge is 2.37. The summed E-state index contributed by atoms with van der Waals surface area (Å²) in [6.07, 6.45) is 1.04. The highest BCUT2D eigenvalue weighted by Crippen LogP contribution is 2.28. The molecule has 1 aromatic rings. The van der Waals surface area contributed by atoms with Crippen molar-refractivity contribution in [3.8, 4) is 0 Å². The van der Waals surface area contributed by atoms with Gasteiger partial charge in [0.1, 0.15) is 0 Å². The van der Waals surface area contributed by atoms with Gasteiger partial charge in [-0.2, -0.15) is 0 Å². The lowest BCUT2D eigenvalue weighted by Gasteiger charge is -2.15. The van der Waals surface area contributed by atoms with Crippen LogP contribution in [0.4, 0.5) is 0 Å². The van der Waals surface area contributed by atoms with Crippen LogP contribution in [0.5, 0.6) is 0 Å². The van der Waals surface area contributed by atoms with Crippen LogP contribution < -0.4 is 0 Å². The lowest BCUT2D eigenvalue weighted by molar-refractivity contribution is -0.148. The summed E-state index contributed by atoms with van der Waals surface area (Å²) in [4.78, 5) is 14.3. The fraction of sp³-hybridized carbons (Fsp3) is 0.562. The Hall–Kier alpha value is -1.35. The zero-order valence-electron chi connectivity index (χ0n) is 11.8. The van der Waals surface area contributed by atoms with E-state index in [0.29, 0.717) is 12.5 Å². The number of hydrogen-bond donors (Lipinski definition) is 0. The number of esters is 1. The molecule has 0 N–H and O–H groups in total. The highest BCUT2D eigenvalue weighted by atomic mass is 16.5. The number of carbonyl (C=O) groups excluding carboxylic acids is 1. The largest absolute Gasteiger partial charge is 0.466 e. The molecule has 0 bridgehead atoms. The van der Waals surface area contributed by atoms with Crippen molar-refractivity contribution in [2.75, 3.05) is 19.7 Å². The van der Waals surface area contributed by atoms with Crippen molar-refractivity contribution in [2.45, 2.75) is 26.8 Å². The van der Waals surface area contributed by atoms with Crippen molar-refractivity contribution in [3.05, 3.63) is 35.9 Å². The average Bonchev–Trinajstić information content (AvgIpc) is 2.83. The van der Waals surface area contributed by atoms with Crippen molar-refractivity contribution in [1.82, 2.24) is 4.90 Å². The Labute approximate surface area is 115 Å². The minimum absolute atomic E-state index is 0.0232. The highest BCUT2D eigenvalue weighted by molar-refractivity contribution is 5.73. The van der Waals surface area contributed by atoms with E-state index in [4.69, 9.17) is 4.74 Å². The Morgan fingerprint density at radius 1 is 1.26 bits per heavy atom. The van der Waals surface area contributed by atoms with Gasteiger partial charge in [-0.15, -0.1) is 0 Å². The SMILES string of the molecule is CCOC(=O)[C@@H]1CN(Cc2ccccc2)C[C@H]1CC. The third-order valence-corrected chi connectivity index (χ3v) is 3.88. The van der Waals surface area contributed by atoms with Gasteiger partial charge in [0.2, 0.25) is 0 Å². The average molecular weight is 261 g/mol. The number of hydrogen-bond acceptors (Lipinski definition) is 3. The summed E-state index contributed by atoms with van der Waals surface area (Å²) in [5.74, 6) is 0.460. The van der Waals surface area contributed by atoms with Gasteiger partial charge in [-0.05, 0) is 18.4 Å². The van der Waals surface area contributed by atoms with Crippen molar-refractivity contribution < 1.29 is 9.53 Å². The Morgan fingerprint density at radius 2 is 2.00 bits per heavy atom. The number of carbonyl (C=O) groups is 1. The van der Waals surface area contributed by atoms with Crippen LogP contribution in [0.25, 0.3) is 0 Å². The van der Waals surface area contributed by atoms with E-state index in [1.165, 1.54) is 5.56 Å². The van der Waals surface area contributed by atoms with E-state index in [2.05, 4.69) is 36.1 Å². The van der Waals surface area contributed by atoms with Crippen molar-refractivity contribution in [2.24, 2.45) is 11.8 Å². The molecule has 0 unspecified atom stereocenters. The normalized spacial score (nSPS) is 23.5. The van der Waals surface area contributed by atoms with Crippen LogP contribution in [0.3, 0.4) is 0 Å². The third-order valence-electron chi connectivity index (χ3n) is 3.88. The van der Waals surface area contributed by atoms with E-state index in [0.717, 1.165) is 26.1 Å². The Morgan fingerprint density at radius 3 is 2.63 bits per heavy atom. The number of rotatable bonds is 5. The monoisotopic (exact) mass is 261 g/mol. The van der Waals surface area contributed by atoms with Crippen LogP contribution in [0.1, 0.15) is 25.8 Å². The van der Waals surface area contributed by atoms with Crippen molar-refractivity contribution >= 4 is 5.97 Å². The molecule has 0 spiro atoms. The van der Waals surface area contributed by atoms with Gasteiger partial charge in [-0.1, -0.05) is 43.7 Å². The van der Waals surface area contributed by atoms with E-state index in [9.17, 15) is 4.79 Å². The predicted molar refractivity (Wildman–Crippen MR) is 75.6 cm³/mol. The Bertz CT molecular complexity index is 404. The van der Waals surface area contributed by atoms with Crippen LogP contribution in [-0.4, -0.2) is 30.6 Å². The summed E-state index contributed by atoms with van der Waals surface area (Å²) < 4.78 is 5.19. The maximum atomic E-state index is 12.0. The van der Waals surface area contributed by atoms with Crippen molar-refractivity contribution in [3.63, 3.8) is 0 Å². The molecule has 2 rings (SSSR count). The fourth-order valence-electron chi connectivity index (χ4n) is 2.86. The van der Waals surface area contributed by atoms with Crippen LogP contribution >= 0.6 is 0 Å². The molecule has 104 valence electrons. The zero-order valence-corrected chi connectivity index (χ0v) is 11.8. The smallest absolute Gasteiger partial charge is 0.310 e. The van der Waals surface area contributed by atoms with Crippen LogP contribution in [-0.2, 0) is 16.1 Å². The topological polar surface area (TPSA) is 29.5 Å². The molecule has 3 nitrogen and oxygen atoms in total. The van der Waals surface area contributed by atoms with Gasteiger partial charge in [-0.3, -0.25) is 9.69 Å². The van der Waals surface area contributed by atoms with E-state index < -0.39 is 0 Å². The second kappa shape index (κ2) is 6.71. The van der Waals surface area contributed by atoms with E-state index in [-0.39, 0.29) is 11.9 Å². The van der Waals surface area contributed by atoms with E-state index in [1.54, 1.807) is 0 Å². The van der Waals surface area contributed by atoms with Gasteiger partial charge in [0.05, 0.1) is 12.5 Å². The minimum atomic E-state index is -0.0232. The van der Waals surface area contributed by atoms with Crippen LogP contribution in [0.15, 0.2) is 30.3 Å². The molecule has 3 heteroatoms. The molecule has 1 aliphatic rings. The lowest BCUT2D eigenvalue weighted by atomic mass is 9.94. The zero-order chi connectivity index (χ0) is 13.7. The Kier molecular flexibility index (Phi) is 4.97. The minimum Gasteiger partial charge on any atom is -0.466 e. The van der Waals surface area contributed by atoms with Gasteiger partial charge in [0.25, 0.3) is 0 Å². The molecule has 1 fully saturated rings. The second-order valence-corrected chi connectivity index (χ2v) is 5.21. The summed E-state index contributed by atoms with van der Waals surface area (Å²) >= 11 is 0. The van der Waals surface area contributed by atoms with Crippen LogP contribution in [0, 0.1) is 11.8 Å². The second-order valence-electron chi connectivity index (χ2n) is 5.21. The number of nitrogens with zero attached hydrogens (tertiary/aromatic N) is 1. The number of likely N-dealkylation sites (tertiary alicyclic amines) is 1. The van der Waals surface area contributed by atoms with Crippen LogP contribution in [0.2, 0.25) is 0 Å². The van der Waals surface area contributed by atoms with E-state index >= 15 is 0 Å². The van der Waals surface area contributed by atoms with Gasteiger partial charge in [0, 0.05) is 19.6 Å². The maximum absolute atomic E-state index is 12.0. The molecule has 0 radical (unpaired) electrons. The summed E-state index contributed by atoms with van der Waals surface area (Å²) in [6, 6.07) is 10.4. The predicted octanol–water partition coefficient (Wildman–Crippen LogP) is 2.71. The first kappa shape index (κ1) is 14.1. The van der Waals surface area contributed by atoms with Crippen molar-refractivity contribution in [1.29, 1.82) is 0 Å². The molecule has 1 saturated heterocycles. The summed E-state index contributed by atoms with van der Waals surface area (Å²) in [5, 5.41) is 0. The third kappa shape index (κ3) is 3.57. The standard InChI is InChI=1S/C16H23NO2/c1-3-14-11-17(10-13-8-6-5-7-9-13)12-15(14)16(18)19-4-2/h5-9,14-15H,3-4,10-12H2,1-2H3/t14-,15-/m1/s1. The molecule has 1 heterocycles. The molecular formula is C16H23NO2. The molecular weight excluding hydrogens is 238 g/mol. The van der Waals surface area contributed by atoms with Gasteiger partial charge < -0.3 is 4.74 Å². The van der Waals surface area contributed by atoms with E-state index in [1.807, 2.05) is 13.0 Å². The molecule has 1 aliphatic heterocycles. The molecule has 0 amide bonds. The quantitative estimate of drug-likeness (QED) is 0.763. The molecule has 19 heavy (non-hydrogen) atoms. The maximum Gasteiger partial charge on any atom is 0.310 e. The molecule has 0 saturated carbocycles. The first-order chi connectivity index (χ1) is 9.24. The summed E-state index contributed by atoms with van der Waals surface area (Å²) in [7, 11) is 0. The Balaban J connectivity index is 1.97. The lowest BCUT2D eigenvalue weighted by Crippen LogP contribution is -2.25. The molecule has 2 atom stereocenters. The first-order valence-corrected chi connectivity index (χ1v) is 7.17. The van der Waals surface area contributed by atoms with Gasteiger partial charge >= 0.3 is 5.97 Å².